The van der Waals surface area contributed by atoms with Gasteiger partial charge in [-0.15, -0.1) is 5.10 Å². The smallest absolute Gasteiger partial charge is 0.187 e. The van der Waals surface area contributed by atoms with E-state index in [0.717, 1.165) is 32.7 Å². The summed E-state index contributed by atoms with van der Waals surface area (Å²) in [6.45, 7) is 4.13. The second-order valence-corrected chi connectivity index (χ2v) is 5.47. The van der Waals surface area contributed by atoms with Gasteiger partial charge in [0.05, 0.1) is 5.69 Å². The molecule has 0 unspecified atom stereocenters. The molecule has 0 amide bonds. The van der Waals surface area contributed by atoms with Gasteiger partial charge in [0.2, 0.25) is 0 Å². The molecule has 0 bridgehead atoms. The fourth-order valence-electron chi connectivity index (χ4n) is 2.17. The van der Waals surface area contributed by atoms with Crippen LogP contribution in [0.25, 0.3) is 17.1 Å². The van der Waals surface area contributed by atoms with Gasteiger partial charge in [-0.25, -0.2) is 0 Å². The maximum atomic E-state index is 4.13. The molecule has 2 aromatic carbocycles. The Morgan fingerprint density at radius 1 is 1.00 bits per heavy atom. The van der Waals surface area contributed by atoms with Crippen molar-refractivity contribution in [1.29, 1.82) is 0 Å². The second kappa shape index (κ2) is 5.17. The van der Waals surface area contributed by atoms with E-state index in [-0.39, 0.29) is 0 Å². The molecule has 20 heavy (non-hydrogen) atoms. The minimum atomic E-state index is 0.742. The van der Waals surface area contributed by atoms with Crippen LogP contribution in [-0.2, 0) is 0 Å². The Labute approximate surface area is 125 Å². The molecule has 0 saturated carbocycles. The number of hydrogen-bond donors (Lipinski definition) is 0. The molecule has 1 aromatic heterocycles. The zero-order valence-electron chi connectivity index (χ0n) is 11.2. The van der Waals surface area contributed by atoms with Crippen LogP contribution in [0.1, 0.15) is 11.1 Å². The number of aromatic nitrogens is 4. The average molecular weight is 329 g/mol. The summed E-state index contributed by atoms with van der Waals surface area (Å²) >= 11 is 3.58. The first-order valence-electron chi connectivity index (χ1n) is 6.28. The van der Waals surface area contributed by atoms with E-state index in [2.05, 4.69) is 57.4 Å². The number of nitrogens with zero attached hydrogens (tertiary/aromatic N) is 4. The predicted molar refractivity (Wildman–Crippen MR) is 81.8 cm³/mol. The first kappa shape index (κ1) is 13.0. The molecule has 1 heterocycles. The number of benzene rings is 2. The van der Waals surface area contributed by atoms with Gasteiger partial charge in [-0.3, -0.25) is 0 Å². The van der Waals surface area contributed by atoms with Crippen molar-refractivity contribution in [2.75, 3.05) is 0 Å². The number of rotatable bonds is 2. The summed E-state index contributed by atoms with van der Waals surface area (Å²) in [7, 11) is 0. The van der Waals surface area contributed by atoms with Crippen LogP contribution < -0.4 is 0 Å². The van der Waals surface area contributed by atoms with Gasteiger partial charge in [0.15, 0.2) is 5.82 Å². The van der Waals surface area contributed by atoms with Gasteiger partial charge < -0.3 is 0 Å². The van der Waals surface area contributed by atoms with E-state index < -0.39 is 0 Å². The Bertz CT molecular complexity index is 727. The molecule has 4 nitrogen and oxygen atoms in total. The van der Waals surface area contributed by atoms with Crippen molar-refractivity contribution >= 4 is 15.9 Å². The molecular weight excluding hydrogens is 316 g/mol. The molecule has 0 radical (unpaired) electrons. The lowest BCUT2D eigenvalue weighted by atomic mass is 10.1. The number of hydrogen-bond acceptors (Lipinski definition) is 3. The van der Waals surface area contributed by atoms with Crippen LogP contribution in [0.2, 0.25) is 0 Å². The third kappa shape index (κ3) is 2.25. The summed E-state index contributed by atoms with van der Waals surface area (Å²) in [5.41, 5.74) is 4.28. The molecule has 0 N–H and O–H groups in total. The summed E-state index contributed by atoms with van der Waals surface area (Å²) in [5, 5.41) is 12.1. The molecule has 3 rings (SSSR count). The molecule has 0 spiro atoms. The van der Waals surface area contributed by atoms with Crippen molar-refractivity contribution in [3.05, 3.63) is 58.1 Å². The van der Waals surface area contributed by atoms with Crippen molar-refractivity contribution in [2.45, 2.75) is 13.8 Å². The SMILES string of the molecule is Cc1cc(-n2nnnc2-c2ccccc2)cc(C)c1Br. The van der Waals surface area contributed by atoms with E-state index in [4.69, 9.17) is 0 Å². The maximum Gasteiger partial charge on any atom is 0.187 e. The van der Waals surface area contributed by atoms with Gasteiger partial charge in [-0.2, -0.15) is 4.68 Å². The van der Waals surface area contributed by atoms with E-state index in [1.807, 2.05) is 30.3 Å². The Hall–Kier alpha value is -2.01. The van der Waals surface area contributed by atoms with Crippen molar-refractivity contribution in [3.8, 4) is 17.1 Å². The fourth-order valence-corrected chi connectivity index (χ4v) is 2.40. The fraction of sp³-hybridized carbons (Fsp3) is 0.133. The zero-order chi connectivity index (χ0) is 14.1. The minimum absolute atomic E-state index is 0.742. The Morgan fingerprint density at radius 3 is 2.30 bits per heavy atom. The van der Waals surface area contributed by atoms with Crippen LogP contribution in [0, 0.1) is 13.8 Å². The van der Waals surface area contributed by atoms with Gasteiger partial charge in [-0.1, -0.05) is 46.3 Å². The average Bonchev–Trinajstić information content (AvgIpc) is 2.94. The summed E-state index contributed by atoms with van der Waals surface area (Å²) in [6.07, 6.45) is 0. The molecule has 0 aliphatic heterocycles. The Kier molecular flexibility index (Phi) is 3.36. The molecular formula is C15H13BrN4. The Morgan fingerprint density at radius 2 is 1.65 bits per heavy atom. The topological polar surface area (TPSA) is 43.6 Å². The minimum Gasteiger partial charge on any atom is -0.193 e. The molecule has 5 heteroatoms. The molecule has 0 atom stereocenters. The van der Waals surface area contributed by atoms with Crippen LogP contribution in [0.15, 0.2) is 46.9 Å². The summed E-state index contributed by atoms with van der Waals surface area (Å²) in [5.74, 6) is 0.742. The Balaban J connectivity index is 2.15. The maximum absolute atomic E-state index is 4.13. The van der Waals surface area contributed by atoms with E-state index >= 15 is 0 Å². The highest BCUT2D eigenvalue weighted by molar-refractivity contribution is 9.10. The van der Waals surface area contributed by atoms with Gasteiger partial charge in [0.1, 0.15) is 0 Å². The van der Waals surface area contributed by atoms with E-state index in [9.17, 15) is 0 Å². The van der Waals surface area contributed by atoms with Crippen molar-refractivity contribution < 1.29 is 0 Å². The highest BCUT2D eigenvalue weighted by atomic mass is 79.9. The van der Waals surface area contributed by atoms with Crippen LogP contribution in [0.3, 0.4) is 0 Å². The zero-order valence-corrected chi connectivity index (χ0v) is 12.8. The lowest BCUT2D eigenvalue weighted by Crippen LogP contribution is -2.01. The highest BCUT2D eigenvalue weighted by Gasteiger charge is 2.12. The van der Waals surface area contributed by atoms with E-state index in [0.29, 0.717) is 0 Å². The van der Waals surface area contributed by atoms with Gasteiger partial charge in [0.25, 0.3) is 0 Å². The standard InChI is InChI=1S/C15H13BrN4/c1-10-8-13(9-11(2)14(10)16)20-15(17-18-19-20)12-6-4-3-5-7-12/h3-9H,1-2H3. The molecule has 0 fully saturated rings. The summed E-state index contributed by atoms with van der Waals surface area (Å²) < 4.78 is 2.89. The number of aryl methyl sites for hydroxylation is 2. The lowest BCUT2D eigenvalue weighted by molar-refractivity contribution is 0.789. The number of tetrazole rings is 1. The van der Waals surface area contributed by atoms with E-state index in [1.54, 1.807) is 4.68 Å². The van der Waals surface area contributed by atoms with Gasteiger partial charge in [0, 0.05) is 10.0 Å². The van der Waals surface area contributed by atoms with Crippen molar-refractivity contribution in [3.63, 3.8) is 0 Å². The number of halogens is 1. The largest absolute Gasteiger partial charge is 0.193 e. The second-order valence-electron chi connectivity index (χ2n) is 4.67. The third-order valence-corrected chi connectivity index (χ3v) is 4.42. The monoisotopic (exact) mass is 328 g/mol. The van der Waals surface area contributed by atoms with Gasteiger partial charge >= 0.3 is 0 Å². The van der Waals surface area contributed by atoms with Crippen LogP contribution in [0.5, 0.6) is 0 Å². The molecule has 100 valence electrons. The first-order chi connectivity index (χ1) is 9.66. The summed E-state index contributed by atoms with van der Waals surface area (Å²) in [6, 6.07) is 14.1. The molecule has 3 aromatic rings. The molecule has 0 aliphatic rings. The predicted octanol–water partition coefficient (Wildman–Crippen LogP) is 3.71. The van der Waals surface area contributed by atoms with Crippen molar-refractivity contribution in [2.24, 2.45) is 0 Å². The summed E-state index contributed by atoms with van der Waals surface area (Å²) in [4.78, 5) is 0. The lowest BCUT2D eigenvalue weighted by Gasteiger charge is -2.09. The third-order valence-electron chi connectivity index (χ3n) is 3.17. The van der Waals surface area contributed by atoms with E-state index in [1.165, 1.54) is 0 Å². The van der Waals surface area contributed by atoms with Crippen molar-refractivity contribution in [1.82, 2.24) is 20.2 Å². The van der Waals surface area contributed by atoms with Crippen LogP contribution in [0.4, 0.5) is 0 Å². The molecule has 0 aliphatic carbocycles. The van der Waals surface area contributed by atoms with Crippen LogP contribution in [-0.4, -0.2) is 20.2 Å². The highest BCUT2D eigenvalue weighted by Crippen LogP contribution is 2.26. The van der Waals surface area contributed by atoms with Crippen LogP contribution >= 0.6 is 15.9 Å². The normalized spacial score (nSPS) is 10.8. The molecule has 0 saturated heterocycles. The quantitative estimate of drug-likeness (QED) is 0.720. The van der Waals surface area contributed by atoms with Gasteiger partial charge in [-0.05, 0) is 47.5 Å². The first-order valence-corrected chi connectivity index (χ1v) is 7.07.